The number of nitrogens with one attached hydrogen (secondary N) is 2. The molecule has 8 nitrogen and oxygen atoms in total. The Morgan fingerprint density at radius 1 is 1.21 bits per heavy atom. The van der Waals surface area contributed by atoms with Crippen LogP contribution >= 0.6 is 11.6 Å². The number of amides is 3. The predicted molar refractivity (Wildman–Crippen MR) is 131 cm³/mol. The van der Waals surface area contributed by atoms with Crippen molar-refractivity contribution in [2.45, 2.75) is 38.4 Å². The van der Waals surface area contributed by atoms with Crippen molar-refractivity contribution in [3.63, 3.8) is 0 Å². The molecule has 2 atom stereocenters. The molecule has 1 aliphatic heterocycles. The highest BCUT2D eigenvalue weighted by molar-refractivity contribution is 6.31. The highest BCUT2D eigenvalue weighted by atomic mass is 35.5. The van der Waals surface area contributed by atoms with Gasteiger partial charge in [0, 0.05) is 42.2 Å². The Labute approximate surface area is 202 Å². The molecule has 176 valence electrons. The van der Waals surface area contributed by atoms with E-state index >= 15 is 0 Å². The molecule has 2 aromatic carbocycles. The van der Waals surface area contributed by atoms with E-state index in [0.717, 1.165) is 16.3 Å². The van der Waals surface area contributed by atoms with E-state index in [1.165, 1.54) is 11.8 Å². The summed E-state index contributed by atoms with van der Waals surface area (Å²) in [5.74, 6) is -0.485. The fourth-order valence-corrected chi connectivity index (χ4v) is 4.57. The van der Waals surface area contributed by atoms with E-state index in [4.69, 9.17) is 17.3 Å². The fraction of sp³-hybridized carbons (Fsp3) is 0.280. The van der Waals surface area contributed by atoms with Crippen molar-refractivity contribution >= 4 is 45.9 Å². The number of hydrogen-bond donors (Lipinski definition) is 3. The molecule has 3 amide bonds. The topological polar surface area (TPSA) is 117 Å². The van der Waals surface area contributed by atoms with Crippen molar-refractivity contribution in [1.82, 2.24) is 20.5 Å². The van der Waals surface area contributed by atoms with Crippen molar-refractivity contribution in [2.24, 2.45) is 0 Å². The first kappa shape index (κ1) is 23.5. The fourth-order valence-electron chi connectivity index (χ4n) is 4.32. The average molecular weight is 480 g/mol. The molecule has 0 saturated carbocycles. The first-order chi connectivity index (χ1) is 16.3. The lowest BCUT2D eigenvalue weighted by atomic mass is 10.0. The van der Waals surface area contributed by atoms with E-state index in [1.54, 1.807) is 30.5 Å². The van der Waals surface area contributed by atoms with E-state index in [2.05, 4.69) is 15.6 Å². The molecule has 4 rings (SSSR count). The van der Waals surface area contributed by atoms with Crippen LogP contribution in [0.1, 0.15) is 36.9 Å². The molecular formula is C25H26ClN5O3. The monoisotopic (exact) mass is 479 g/mol. The van der Waals surface area contributed by atoms with E-state index in [9.17, 15) is 14.4 Å². The van der Waals surface area contributed by atoms with Crippen LogP contribution in [-0.4, -0.2) is 40.2 Å². The summed E-state index contributed by atoms with van der Waals surface area (Å²) in [5.41, 5.74) is 7.32. The molecule has 0 radical (unpaired) electrons. The lowest BCUT2D eigenvalue weighted by molar-refractivity contribution is -0.141. The van der Waals surface area contributed by atoms with E-state index in [0.29, 0.717) is 42.3 Å². The van der Waals surface area contributed by atoms with Crippen LogP contribution in [0.25, 0.3) is 10.8 Å². The number of rotatable bonds is 6. The highest BCUT2D eigenvalue weighted by Gasteiger charge is 2.38. The van der Waals surface area contributed by atoms with Gasteiger partial charge in [-0.3, -0.25) is 14.4 Å². The van der Waals surface area contributed by atoms with Gasteiger partial charge in [-0.2, -0.15) is 0 Å². The van der Waals surface area contributed by atoms with Gasteiger partial charge in [0.15, 0.2) is 0 Å². The molecule has 0 aliphatic carbocycles. The average Bonchev–Trinajstić information content (AvgIpc) is 3.31. The Kier molecular flexibility index (Phi) is 6.98. The second-order valence-corrected chi connectivity index (χ2v) is 8.72. The van der Waals surface area contributed by atoms with Gasteiger partial charge in [-0.1, -0.05) is 41.9 Å². The van der Waals surface area contributed by atoms with Gasteiger partial charge in [-0.15, -0.1) is 0 Å². The predicted octanol–water partition coefficient (Wildman–Crippen LogP) is 2.96. The number of carbonyl (C=O) groups is 3. The standard InChI is InChI=1S/C25H26ClN5O3/c1-15(32)30-22(19-5-2-3-6-20(19)26)25(34)31-12-4-7-21(31)24(33)29-14-16-8-9-18-17(13-16)10-11-28-23(18)27/h2-3,5-6,8-11,13,21-22H,4,7,12,14H2,1H3,(H2,27,28)(H,29,33)(H,30,32)/t21-,22?/m0/s1. The molecule has 4 N–H and O–H groups in total. The van der Waals surface area contributed by atoms with Gasteiger partial charge >= 0.3 is 0 Å². The molecule has 1 unspecified atom stereocenters. The van der Waals surface area contributed by atoms with Crippen LogP contribution in [0.15, 0.2) is 54.7 Å². The lowest BCUT2D eigenvalue weighted by Crippen LogP contribution is -2.49. The zero-order valence-corrected chi connectivity index (χ0v) is 19.5. The van der Waals surface area contributed by atoms with Crippen molar-refractivity contribution in [2.75, 3.05) is 12.3 Å². The zero-order valence-electron chi connectivity index (χ0n) is 18.8. The number of anilines is 1. The van der Waals surface area contributed by atoms with Crippen LogP contribution in [0.4, 0.5) is 5.82 Å². The van der Waals surface area contributed by atoms with Gasteiger partial charge in [-0.05, 0) is 42.0 Å². The molecule has 2 heterocycles. The summed E-state index contributed by atoms with van der Waals surface area (Å²) in [4.78, 5) is 44.0. The Balaban J connectivity index is 1.48. The number of hydrogen-bond acceptors (Lipinski definition) is 5. The number of nitrogens with zero attached hydrogens (tertiary/aromatic N) is 2. The quantitative estimate of drug-likeness (QED) is 0.502. The molecule has 1 fully saturated rings. The summed E-state index contributed by atoms with van der Waals surface area (Å²) in [5, 5.41) is 7.81. The third-order valence-electron chi connectivity index (χ3n) is 5.98. The molecule has 0 spiro atoms. The van der Waals surface area contributed by atoms with E-state index in [-0.39, 0.29) is 17.7 Å². The van der Waals surface area contributed by atoms with Gasteiger partial charge in [0.2, 0.25) is 11.8 Å². The first-order valence-corrected chi connectivity index (χ1v) is 11.5. The molecule has 9 heteroatoms. The van der Waals surface area contributed by atoms with Crippen molar-refractivity contribution < 1.29 is 14.4 Å². The number of nitrogen functional groups attached to an aromatic ring is 1. The lowest BCUT2D eigenvalue weighted by Gasteiger charge is -2.29. The summed E-state index contributed by atoms with van der Waals surface area (Å²) < 4.78 is 0. The number of nitrogens with two attached hydrogens (primary N) is 1. The normalized spacial score (nSPS) is 16.3. The van der Waals surface area contributed by atoms with Crippen molar-refractivity contribution in [1.29, 1.82) is 0 Å². The summed E-state index contributed by atoms with van der Waals surface area (Å²) in [6, 6.07) is 12.9. The minimum atomic E-state index is -0.959. The Morgan fingerprint density at radius 3 is 2.76 bits per heavy atom. The number of pyridine rings is 1. The zero-order chi connectivity index (χ0) is 24.2. The van der Waals surface area contributed by atoms with Gasteiger partial charge in [0.1, 0.15) is 17.9 Å². The van der Waals surface area contributed by atoms with Gasteiger partial charge in [0.05, 0.1) is 0 Å². The first-order valence-electron chi connectivity index (χ1n) is 11.1. The smallest absolute Gasteiger partial charge is 0.250 e. The molecule has 34 heavy (non-hydrogen) atoms. The minimum absolute atomic E-state index is 0.235. The van der Waals surface area contributed by atoms with Gasteiger partial charge < -0.3 is 21.3 Å². The van der Waals surface area contributed by atoms with Crippen LogP contribution in [0.5, 0.6) is 0 Å². The Bertz CT molecular complexity index is 1250. The van der Waals surface area contributed by atoms with Crippen LogP contribution in [0.3, 0.4) is 0 Å². The number of benzene rings is 2. The molecule has 1 aliphatic rings. The Morgan fingerprint density at radius 2 is 2.00 bits per heavy atom. The SMILES string of the molecule is CC(=O)NC(C(=O)N1CCC[C@H]1C(=O)NCc1ccc2c(N)nccc2c1)c1ccccc1Cl. The molecule has 3 aromatic rings. The Hall–Kier alpha value is -3.65. The van der Waals surface area contributed by atoms with E-state index < -0.39 is 12.1 Å². The van der Waals surface area contributed by atoms with E-state index in [1.807, 2.05) is 24.3 Å². The largest absolute Gasteiger partial charge is 0.383 e. The number of aromatic nitrogens is 1. The number of likely N-dealkylation sites (tertiary alicyclic amines) is 1. The summed E-state index contributed by atoms with van der Waals surface area (Å²) in [6.45, 7) is 2.09. The molecule has 1 saturated heterocycles. The second kappa shape index (κ2) is 10.1. The summed E-state index contributed by atoms with van der Waals surface area (Å²) >= 11 is 6.31. The maximum absolute atomic E-state index is 13.5. The van der Waals surface area contributed by atoms with Gasteiger partial charge in [0.25, 0.3) is 5.91 Å². The third kappa shape index (κ3) is 4.97. The molecule has 1 aromatic heterocycles. The highest BCUT2D eigenvalue weighted by Crippen LogP contribution is 2.28. The van der Waals surface area contributed by atoms with Gasteiger partial charge in [-0.25, -0.2) is 4.98 Å². The minimum Gasteiger partial charge on any atom is -0.383 e. The van der Waals surface area contributed by atoms with Crippen LogP contribution < -0.4 is 16.4 Å². The van der Waals surface area contributed by atoms with Crippen LogP contribution in [0.2, 0.25) is 5.02 Å². The molecular weight excluding hydrogens is 454 g/mol. The maximum atomic E-state index is 13.5. The van der Waals surface area contributed by atoms with Crippen LogP contribution in [0, 0.1) is 0 Å². The van der Waals surface area contributed by atoms with Crippen LogP contribution in [-0.2, 0) is 20.9 Å². The van der Waals surface area contributed by atoms with Crippen molar-refractivity contribution in [3.8, 4) is 0 Å². The molecule has 0 bridgehead atoms. The summed E-state index contributed by atoms with van der Waals surface area (Å²) in [7, 11) is 0. The number of carbonyl (C=O) groups excluding carboxylic acids is 3. The van der Waals surface area contributed by atoms with Crippen molar-refractivity contribution in [3.05, 3.63) is 70.9 Å². The second-order valence-electron chi connectivity index (χ2n) is 8.31. The maximum Gasteiger partial charge on any atom is 0.250 e. The number of fused-ring (bicyclic) bond motifs is 1. The number of halogens is 1. The third-order valence-corrected chi connectivity index (χ3v) is 6.32. The summed E-state index contributed by atoms with van der Waals surface area (Å²) in [6.07, 6.45) is 2.89.